The van der Waals surface area contributed by atoms with E-state index in [9.17, 15) is 19.8 Å². The number of carbonyl (C=O) groups excluding carboxylic acids is 1. The summed E-state index contributed by atoms with van der Waals surface area (Å²) in [5, 5.41) is 30.1. The van der Waals surface area contributed by atoms with Gasteiger partial charge in [0.05, 0.1) is 0 Å². The Balaban J connectivity index is 2.85. The van der Waals surface area contributed by atoms with Gasteiger partial charge in [-0.05, 0) is 12.1 Å². The summed E-state index contributed by atoms with van der Waals surface area (Å²) in [4.78, 5) is 22.8. The molecule has 4 N–H and O–H groups in total. The number of nitrogens with one attached hydrogen (secondary N) is 1. The number of benzene rings is 1. The molecule has 0 heterocycles. The van der Waals surface area contributed by atoms with Gasteiger partial charge in [0.15, 0.2) is 0 Å². The normalized spacial score (nSPS) is 11.8. The van der Waals surface area contributed by atoms with E-state index in [2.05, 4.69) is 5.32 Å². The molecule has 7 nitrogen and oxygen atoms in total. The summed E-state index contributed by atoms with van der Waals surface area (Å²) in [6.07, 6.45) is 0.0753. The number of ether oxygens (including phenoxy) is 1. The number of phenols is 2. The van der Waals surface area contributed by atoms with Crippen molar-refractivity contribution in [1.29, 1.82) is 0 Å². The molecule has 0 radical (unpaired) electrons. The lowest BCUT2D eigenvalue weighted by Gasteiger charge is -2.15. The highest BCUT2D eigenvalue weighted by Gasteiger charge is 2.23. The van der Waals surface area contributed by atoms with Crippen molar-refractivity contribution in [3.63, 3.8) is 0 Å². The lowest BCUT2D eigenvalue weighted by atomic mass is 10.1. The Kier molecular flexibility index (Phi) is 5.13. The summed E-state index contributed by atoms with van der Waals surface area (Å²) >= 11 is 0. The van der Waals surface area contributed by atoms with Gasteiger partial charge in [-0.1, -0.05) is 6.07 Å². The molecular formula is C12H15NO6. The number of aliphatic carboxylic acids is 1. The third-order valence-corrected chi connectivity index (χ3v) is 2.46. The van der Waals surface area contributed by atoms with Gasteiger partial charge in [0.25, 0.3) is 5.91 Å². The first-order valence-corrected chi connectivity index (χ1v) is 5.51. The molecule has 0 fully saturated rings. The van der Waals surface area contributed by atoms with E-state index in [-0.39, 0.29) is 18.6 Å². The standard InChI is InChI=1S/C12H15NO6/c1-19-6-5-7(12(17)18)13-11(16)10-8(14)3-2-4-9(10)15/h2-4,7,14-15H,5-6H2,1H3,(H,13,16)(H,17,18). The summed E-state index contributed by atoms with van der Waals surface area (Å²) in [7, 11) is 1.41. The molecular weight excluding hydrogens is 254 g/mol. The molecule has 1 aromatic rings. The number of amides is 1. The minimum absolute atomic E-state index is 0.0753. The first-order valence-electron chi connectivity index (χ1n) is 5.51. The van der Waals surface area contributed by atoms with E-state index in [1.54, 1.807) is 0 Å². The van der Waals surface area contributed by atoms with Crippen molar-refractivity contribution in [2.45, 2.75) is 12.5 Å². The summed E-state index contributed by atoms with van der Waals surface area (Å²) in [6.45, 7) is 0.157. The topological polar surface area (TPSA) is 116 Å². The zero-order valence-electron chi connectivity index (χ0n) is 10.3. The molecule has 0 saturated heterocycles. The smallest absolute Gasteiger partial charge is 0.326 e. The number of rotatable bonds is 6. The van der Waals surface area contributed by atoms with E-state index in [4.69, 9.17) is 9.84 Å². The maximum atomic E-state index is 11.8. The van der Waals surface area contributed by atoms with Crippen molar-refractivity contribution < 1.29 is 29.6 Å². The van der Waals surface area contributed by atoms with Crippen LogP contribution in [0.4, 0.5) is 0 Å². The molecule has 1 amide bonds. The van der Waals surface area contributed by atoms with Crippen LogP contribution in [0.3, 0.4) is 0 Å². The van der Waals surface area contributed by atoms with E-state index in [0.29, 0.717) is 0 Å². The van der Waals surface area contributed by atoms with Crippen LogP contribution >= 0.6 is 0 Å². The summed E-state index contributed by atoms with van der Waals surface area (Å²) in [5.41, 5.74) is -0.355. The van der Waals surface area contributed by atoms with Crippen molar-refractivity contribution in [1.82, 2.24) is 5.32 Å². The lowest BCUT2D eigenvalue weighted by Crippen LogP contribution is -2.41. The fourth-order valence-corrected chi connectivity index (χ4v) is 1.48. The van der Waals surface area contributed by atoms with Gasteiger partial charge < -0.3 is 25.4 Å². The van der Waals surface area contributed by atoms with Crippen LogP contribution in [-0.2, 0) is 9.53 Å². The minimum atomic E-state index is -1.22. The third kappa shape index (κ3) is 3.85. The van der Waals surface area contributed by atoms with Crippen LogP contribution in [0.25, 0.3) is 0 Å². The van der Waals surface area contributed by atoms with Crippen molar-refractivity contribution in [2.75, 3.05) is 13.7 Å². The number of phenolic OH excluding ortho intramolecular Hbond substituents is 2. The van der Waals surface area contributed by atoms with Gasteiger partial charge in [-0.25, -0.2) is 4.79 Å². The SMILES string of the molecule is COCCC(NC(=O)c1c(O)cccc1O)C(=O)O. The number of methoxy groups -OCH3 is 1. The van der Waals surface area contributed by atoms with Gasteiger partial charge in [0.2, 0.25) is 0 Å². The maximum Gasteiger partial charge on any atom is 0.326 e. The number of carboxylic acid groups (broad SMARTS) is 1. The summed E-state index contributed by atoms with van der Waals surface area (Å²) in [6, 6.07) is 2.65. The van der Waals surface area contributed by atoms with E-state index < -0.39 is 29.4 Å². The van der Waals surface area contributed by atoms with Crippen molar-refractivity contribution in [2.24, 2.45) is 0 Å². The van der Waals surface area contributed by atoms with Crippen molar-refractivity contribution in [3.05, 3.63) is 23.8 Å². The van der Waals surface area contributed by atoms with E-state index in [0.717, 1.165) is 0 Å². The molecule has 0 aromatic heterocycles. The number of aromatic hydroxyl groups is 2. The molecule has 1 unspecified atom stereocenters. The number of carbonyl (C=O) groups is 2. The Hall–Kier alpha value is -2.28. The highest BCUT2D eigenvalue weighted by atomic mass is 16.5. The largest absolute Gasteiger partial charge is 0.507 e. The van der Waals surface area contributed by atoms with Crippen molar-refractivity contribution in [3.8, 4) is 11.5 Å². The van der Waals surface area contributed by atoms with Crippen LogP contribution in [0.5, 0.6) is 11.5 Å². The Morgan fingerprint density at radius 3 is 2.37 bits per heavy atom. The predicted octanol–water partition coefficient (Wildman–Crippen LogP) is 0.317. The van der Waals surface area contributed by atoms with E-state index >= 15 is 0 Å². The van der Waals surface area contributed by atoms with Crippen LogP contribution in [0, 0.1) is 0 Å². The summed E-state index contributed by atoms with van der Waals surface area (Å²) < 4.78 is 4.74. The second kappa shape index (κ2) is 6.60. The van der Waals surface area contributed by atoms with Crippen LogP contribution in [0.1, 0.15) is 16.8 Å². The second-order valence-electron chi connectivity index (χ2n) is 3.82. The monoisotopic (exact) mass is 269 g/mol. The number of hydrogen-bond donors (Lipinski definition) is 4. The minimum Gasteiger partial charge on any atom is -0.507 e. The zero-order chi connectivity index (χ0) is 14.4. The lowest BCUT2D eigenvalue weighted by molar-refractivity contribution is -0.139. The molecule has 7 heteroatoms. The molecule has 0 aliphatic rings. The first kappa shape index (κ1) is 14.8. The fraction of sp³-hybridized carbons (Fsp3) is 0.333. The molecule has 1 rings (SSSR count). The maximum absolute atomic E-state index is 11.8. The van der Waals surface area contributed by atoms with Gasteiger partial charge >= 0.3 is 5.97 Å². The van der Waals surface area contributed by atoms with Crippen LogP contribution < -0.4 is 5.32 Å². The fourth-order valence-electron chi connectivity index (χ4n) is 1.48. The molecule has 0 saturated carbocycles. The molecule has 0 spiro atoms. The summed E-state index contributed by atoms with van der Waals surface area (Å²) in [5.74, 6) is -2.93. The third-order valence-electron chi connectivity index (χ3n) is 2.46. The second-order valence-corrected chi connectivity index (χ2v) is 3.82. The molecule has 19 heavy (non-hydrogen) atoms. The Morgan fingerprint density at radius 2 is 1.89 bits per heavy atom. The molecule has 1 atom stereocenters. The number of hydrogen-bond acceptors (Lipinski definition) is 5. The van der Waals surface area contributed by atoms with E-state index in [1.807, 2.05) is 0 Å². The van der Waals surface area contributed by atoms with Crippen LogP contribution in [0.2, 0.25) is 0 Å². The average molecular weight is 269 g/mol. The first-order chi connectivity index (χ1) is 8.97. The van der Waals surface area contributed by atoms with Gasteiger partial charge in [-0.2, -0.15) is 0 Å². The van der Waals surface area contributed by atoms with Gasteiger partial charge in [0.1, 0.15) is 23.1 Å². The van der Waals surface area contributed by atoms with Gasteiger partial charge in [0, 0.05) is 20.1 Å². The van der Waals surface area contributed by atoms with E-state index in [1.165, 1.54) is 25.3 Å². The Bertz CT molecular complexity index is 453. The van der Waals surface area contributed by atoms with Gasteiger partial charge in [-0.15, -0.1) is 0 Å². The Labute approximate surface area is 109 Å². The zero-order valence-corrected chi connectivity index (χ0v) is 10.3. The Morgan fingerprint density at radius 1 is 1.32 bits per heavy atom. The molecule has 0 aliphatic carbocycles. The quantitative estimate of drug-likeness (QED) is 0.591. The predicted molar refractivity (Wildman–Crippen MR) is 65.2 cm³/mol. The number of carboxylic acids is 1. The average Bonchev–Trinajstić information content (AvgIpc) is 2.33. The van der Waals surface area contributed by atoms with Gasteiger partial charge in [-0.3, -0.25) is 4.79 Å². The highest BCUT2D eigenvalue weighted by Crippen LogP contribution is 2.26. The van der Waals surface area contributed by atoms with Crippen LogP contribution in [-0.4, -0.2) is 47.0 Å². The molecule has 0 bridgehead atoms. The molecule has 1 aromatic carbocycles. The molecule has 104 valence electrons. The molecule has 0 aliphatic heterocycles. The van der Waals surface area contributed by atoms with Crippen LogP contribution in [0.15, 0.2) is 18.2 Å². The van der Waals surface area contributed by atoms with Crippen molar-refractivity contribution >= 4 is 11.9 Å². The highest BCUT2D eigenvalue weighted by molar-refractivity contribution is 6.01.